The van der Waals surface area contributed by atoms with E-state index in [9.17, 15) is 13.2 Å². The van der Waals surface area contributed by atoms with Gasteiger partial charge in [-0.05, 0) is 30.0 Å². The topological polar surface area (TPSA) is 63.7 Å². The highest BCUT2D eigenvalue weighted by molar-refractivity contribution is 7.88. The Labute approximate surface area is 154 Å². The number of piperidine rings is 1. The zero-order chi connectivity index (χ0) is 18.6. The maximum Gasteiger partial charge on any atom is 0.314 e. The molecule has 0 radical (unpaired) electrons. The second kappa shape index (κ2) is 8.01. The SMILES string of the molecule is CS(=O)(=O)N1CCC(C(=O)Oc2ccccc2Cc2ccccc2)CC1. The number of carbonyl (C=O) groups excluding carboxylic acids is 1. The van der Waals surface area contributed by atoms with Crippen LogP contribution in [0.2, 0.25) is 0 Å². The number of ether oxygens (including phenoxy) is 1. The number of hydrogen-bond donors (Lipinski definition) is 0. The lowest BCUT2D eigenvalue weighted by Crippen LogP contribution is -2.40. The molecule has 0 aromatic heterocycles. The molecule has 0 amide bonds. The van der Waals surface area contributed by atoms with E-state index in [2.05, 4.69) is 0 Å². The van der Waals surface area contributed by atoms with Crippen molar-refractivity contribution in [1.82, 2.24) is 4.31 Å². The largest absolute Gasteiger partial charge is 0.426 e. The van der Waals surface area contributed by atoms with Crippen LogP contribution in [0.25, 0.3) is 0 Å². The Morgan fingerprint density at radius 3 is 2.31 bits per heavy atom. The summed E-state index contributed by atoms with van der Waals surface area (Å²) in [6.45, 7) is 0.731. The fourth-order valence-electron chi connectivity index (χ4n) is 3.18. The lowest BCUT2D eigenvalue weighted by Gasteiger charge is -2.29. The Balaban J connectivity index is 1.65. The van der Waals surface area contributed by atoms with Gasteiger partial charge in [-0.1, -0.05) is 48.5 Å². The van der Waals surface area contributed by atoms with E-state index < -0.39 is 10.0 Å². The molecule has 3 rings (SSSR count). The molecule has 1 aliphatic heterocycles. The Morgan fingerprint density at radius 2 is 1.65 bits per heavy atom. The van der Waals surface area contributed by atoms with Gasteiger partial charge in [0.15, 0.2) is 0 Å². The molecule has 0 saturated carbocycles. The molecule has 2 aromatic rings. The van der Waals surface area contributed by atoms with Crippen molar-refractivity contribution in [3.63, 3.8) is 0 Å². The molecule has 0 bridgehead atoms. The van der Waals surface area contributed by atoms with Crippen LogP contribution in [0.15, 0.2) is 54.6 Å². The minimum Gasteiger partial charge on any atom is -0.426 e. The van der Waals surface area contributed by atoms with Crippen LogP contribution in [-0.2, 0) is 21.2 Å². The third-order valence-corrected chi connectivity index (χ3v) is 5.98. The first-order valence-electron chi connectivity index (χ1n) is 8.72. The van der Waals surface area contributed by atoms with Crippen molar-refractivity contribution in [2.24, 2.45) is 5.92 Å². The Bertz CT molecular complexity index is 856. The van der Waals surface area contributed by atoms with E-state index >= 15 is 0 Å². The van der Waals surface area contributed by atoms with Crippen molar-refractivity contribution in [2.75, 3.05) is 19.3 Å². The Kier molecular flexibility index (Phi) is 5.74. The predicted octanol–water partition coefficient (Wildman–Crippen LogP) is 2.85. The molecule has 2 aromatic carbocycles. The minimum atomic E-state index is -3.19. The summed E-state index contributed by atoms with van der Waals surface area (Å²) < 4.78 is 30.3. The second-order valence-corrected chi connectivity index (χ2v) is 8.61. The number of hydrogen-bond acceptors (Lipinski definition) is 4. The zero-order valence-corrected chi connectivity index (χ0v) is 15.6. The van der Waals surface area contributed by atoms with Gasteiger partial charge in [0.05, 0.1) is 12.2 Å². The molecule has 0 N–H and O–H groups in total. The third kappa shape index (κ3) is 4.71. The number of nitrogens with zero attached hydrogens (tertiary/aromatic N) is 1. The van der Waals surface area contributed by atoms with Crippen LogP contribution in [0.4, 0.5) is 0 Å². The van der Waals surface area contributed by atoms with Gasteiger partial charge in [0.1, 0.15) is 5.75 Å². The van der Waals surface area contributed by atoms with Crippen molar-refractivity contribution in [1.29, 1.82) is 0 Å². The molecule has 1 aliphatic rings. The average Bonchev–Trinajstić information content (AvgIpc) is 2.63. The lowest BCUT2D eigenvalue weighted by molar-refractivity contribution is -0.140. The van der Waals surface area contributed by atoms with Gasteiger partial charge in [-0.3, -0.25) is 4.79 Å². The van der Waals surface area contributed by atoms with E-state index in [-0.39, 0.29) is 11.9 Å². The van der Waals surface area contributed by atoms with Gasteiger partial charge in [-0.25, -0.2) is 12.7 Å². The summed E-state index contributed by atoms with van der Waals surface area (Å²) in [5.41, 5.74) is 2.11. The predicted molar refractivity (Wildman–Crippen MR) is 100 cm³/mol. The van der Waals surface area contributed by atoms with Gasteiger partial charge in [0.2, 0.25) is 10.0 Å². The summed E-state index contributed by atoms with van der Waals surface area (Å²) in [6, 6.07) is 17.6. The Hall–Kier alpha value is -2.18. The van der Waals surface area contributed by atoms with Crippen LogP contribution in [-0.4, -0.2) is 38.0 Å². The fraction of sp³-hybridized carbons (Fsp3) is 0.350. The summed E-state index contributed by atoms with van der Waals surface area (Å²) in [5, 5.41) is 0. The highest BCUT2D eigenvalue weighted by atomic mass is 32.2. The van der Waals surface area contributed by atoms with E-state index in [1.165, 1.54) is 10.6 Å². The van der Waals surface area contributed by atoms with E-state index in [1.54, 1.807) is 0 Å². The normalized spacial score (nSPS) is 16.3. The van der Waals surface area contributed by atoms with E-state index in [0.717, 1.165) is 11.1 Å². The van der Waals surface area contributed by atoms with Crippen LogP contribution in [0, 0.1) is 5.92 Å². The van der Waals surface area contributed by atoms with Gasteiger partial charge in [-0.15, -0.1) is 0 Å². The van der Waals surface area contributed by atoms with Gasteiger partial charge < -0.3 is 4.74 Å². The molecule has 1 heterocycles. The molecule has 5 nitrogen and oxygen atoms in total. The molecule has 0 atom stereocenters. The summed E-state index contributed by atoms with van der Waals surface area (Å²) in [4.78, 5) is 12.5. The van der Waals surface area contributed by atoms with Crippen LogP contribution in [0.1, 0.15) is 24.0 Å². The second-order valence-electron chi connectivity index (χ2n) is 6.63. The third-order valence-electron chi connectivity index (χ3n) is 4.68. The fourth-order valence-corrected chi connectivity index (χ4v) is 4.05. The summed E-state index contributed by atoms with van der Waals surface area (Å²) in [7, 11) is -3.19. The van der Waals surface area contributed by atoms with Gasteiger partial charge in [0, 0.05) is 19.5 Å². The molecule has 6 heteroatoms. The summed E-state index contributed by atoms with van der Waals surface area (Å²) >= 11 is 0. The molecule has 0 unspecified atom stereocenters. The first-order chi connectivity index (χ1) is 12.4. The Morgan fingerprint density at radius 1 is 1.04 bits per heavy atom. The quantitative estimate of drug-likeness (QED) is 0.597. The van der Waals surface area contributed by atoms with Crippen molar-refractivity contribution in [3.05, 3.63) is 65.7 Å². The van der Waals surface area contributed by atoms with Gasteiger partial charge in [-0.2, -0.15) is 0 Å². The van der Waals surface area contributed by atoms with Crippen molar-refractivity contribution < 1.29 is 17.9 Å². The summed E-state index contributed by atoms with van der Waals surface area (Å²) in [5.74, 6) is 0.0309. The zero-order valence-electron chi connectivity index (χ0n) is 14.8. The van der Waals surface area contributed by atoms with Gasteiger partial charge >= 0.3 is 5.97 Å². The smallest absolute Gasteiger partial charge is 0.314 e. The van der Waals surface area contributed by atoms with E-state index in [1.807, 2.05) is 54.6 Å². The number of sulfonamides is 1. The maximum atomic E-state index is 12.5. The lowest BCUT2D eigenvalue weighted by atomic mass is 9.98. The van der Waals surface area contributed by atoms with E-state index in [0.29, 0.717) is 38.1 Å². The van der Waals surface area contributed by atoms with Crippen molar-refractivity contribution in [2.45, 2.75) is 19.3 Å². The molecule has 26 heavy (non-hydrogen) atoms. The van der Waals surface area contributed by atoms with Crippen LogP contribution in [0.5, 0.6) is 5.75 Å². The number of rotatable bonds is 5. The van der Waals surface area contributed by atoms with Crippen LogP contribution in [0.3, 0.4) is 0 Å². The first kappa shape index (κ1) is 18.6. The molecular weight excluding hydrogens is 350 g/mol. The molecule has 138 valence electrons. The number of benzene rings is 2. The molecule has 0 aliphatic carbocycles. The number of carbonyl (C=O) groups is 1. The molecular formula is C20H23NO4S. The van der Waals surface area contributed by atoms with E-state index in [4.69, 9.17) is 4.74 Å². The van der Waals surface area contributed by atoms with Crippen molar-refractivity contribution in [3.8, 4) is 5.75 Å². The van der Waals surface area contributed by atoms with Gasteiger partial charge in [0.25, 0.3) is 0 Å². The molecule has 1 saturated heterocycles. The van der Waals surface area contributed by atoms with Crippen LogP contribution >= 0.6 is 0 Å². The average molecular weight is 373 g/mol. The highest BCUT2D eigenvalue weighted by Crippen LogP contribution is 2.25. The first-order valence-corrected chi connectivity index (χ1v) is 10.6. The molecule has 1 fully saturated rings. The standard InChI is InChI=1S/C20H23NO4S/c1-26(23,24)21-13-11-17(12-14-21)20(22)25-19-10-6-5-9-18(19)15-16-7-3-2-4-8-16/h2-10,17H,11-15H2,1H3. The minimum absolute atomic E-state index is 0.266. The number of esters is 1. The number of para-hydroxylation sites is 1. The van der Waals surface area contributed by atoms with Crippen molar-refractivity contribution >= 4 is 16.0 Å². The maximum absolute atomic E-state index is 12.5. The van der Waals surface area contributed by atoms with Crippen LogP contribution < -0.4 is 4.74 Å². The summed E-state index contributed by atoms with van der Waals surface area (Å²) in [6.07, 6.45) is 2.88. The molecule has 0 spiro atoms. The highest BCUT2D eigenvalue weighted by Gasteiger charge is 2.30. The monoisotopic (exact) mass is 373 g/mol.